The van der Waals surface area contributed by atoms with Gasteiger partial charge in [0.1, 0.15) is 0 Å². The van der Waals surface area contributed by atoms with E-state index in [9.17, 15) is 14.5 Å². The molecule has 0 radical (unpaired) electrons. The van der Waals surface area contributed by atoms with Gasteiger partial charge < -0.3 is 4.74 Å². The second-order valence-electron chi connectivity index (χ2n) is 3.12. The first kappa shape index (κ1) is 12.8. The van der Waals surface area contributed by atoms with Crippen LogP contribution in [-0.4, -0.2) is 17.3 Å². The van der Waals surface area contributed by atoms with E-state index in [0.717, 1.165) is 12.5 Å². The van der Waals surface area contributed by atoms with E-state index in [1.807, 2.05) is 0 Å². The number of unbranched alkanes of at least 4 members (excludes halogenated alkanes) is 1. The molecule has 88 valence electrons. The van der Waals surface area contributed by atoms with E-state index in [0.29, 0.717) is 12.2 Å². The first-order chi connectivity index (χ1) is 7.66. The lowest BCUT2D eigenvalue weighted by molar-refractivity contribution is -0.386. The highest BCUT2D eigenvalue weighted by Gasteiger charge is 2.18. The van der Waals surface area contributed by atoms with Gasteiger partial charge in [-0.05, 0) is 24.7 Å². The summed E-state index contributed by atoms with van der Waals surface area (Å²) in [7, 11) is 0. The maximum Gasteiger partial charge on any atom is 0.314 e. The molecule has 0 aliphatic heterocycles. The lowest BCUT2D eigenvalue weighted by Gasteiger charge is -2.06. The van der Waals surface area contributed by atoms with Gasteiger partial charge in [-0.3, -0.25) is 10.1 Å². The minimum absolute atomic E-state index is 0.252. The van der Waals surface area contributed by atoms with Crippen LogP contribution in [0.4, 0.5) is 10.1 Å². The topological polar surface area (TPSA) is 52.4 Å². The van der Waals surface area contributed by atoms with E-state index in [2.05, 4.69) is 12.6 Å². The highest BCUT2D eigenvalue weighted by molar-refractivity contribution is 7.80. The van der Waals surface area contributed by atoms with Crippen molar-refractivity contribution in [2.75, 3.05) is 12.4 Å². The SMILES string of the molecule is O=[N+]([O-])c1cccc(F)c1OCCCCS. The molecular weight excluding hydrogens is 233 g/mol. The van der Waals surface area contributed by atoms with Crippen molar-refractivity contribution in [3.63, 3.8) is 0 Å². The molecule has 0 aliphatic rings. The van der Waals surface area contributed by atoms with E-state index >= 15 is 0 Å². The van der Waals surface area contributed by atoms with Crippen LogP contribution in [0.5, 0.6) is 5.75 Å². The van der Waals surface area contributed by atoms with Crippen LogP contribution < -0.4 is 4.74 Å². The fourth-order valence-corrected chi connectivity index (χ4v) is 1.40. The number of nitro groups is 1. The molecular formula is C10H12FNO3S. The molecule has 1 rings (SSSR count). The number of nitro benzene ring substituents is 1. The van der Waals surface area contributed by atoms with Crippen LogP contribution in [0, 0.1) is 15.9 Å². The van der Waals surface area contributed by atoms with Crippen molar-refractivity contribution in [1.29, 1.82) is 0 Å². The number of rotatable bonds is 6. The standard InChI is InChI=1S/C10H12FNO3S/c11-8-4-3-5-9(12(13)14)10(8)15-6-1-2-7-16/h3-5,16H,1-2,6-7H2. The summed E-state index contributed by atoms with van der Waals surface area (Å²) in [5, 5.41) is 10.6. The van der Waals surface area contributed by atoms with Crippen molar-refractivity contribution < 1.29 is 14.1 Å². The highest BCUT2D eigenvalue weighted by Crippen LogP contribution is 2.29. The molecule has 1 aromatic rings. The van der Waals surface area contributed by atoms with Gasteiger partial charge in [0, 0.05) is 6.07 Å². The average Bonchev–Trinajstić information content (AvgIpc) is 2.25. The Morgan fingerprint density at radius 2 is 2.19 bits per heavy atom. The first-order valence-electron chi connectivity index (χ1n) is 4.83. The molecule has 1 aromatic carbocycles. The number of hydrogen-bond donors (Lipinski definition) is 1. The number of ether oxygens (including phenoxy) is 1. The van der Waals surface area contributed by atoms with Crippen molar-refractivity contribution in [2.45, 2.75) is 12.8 Å². The van der Waals surface area contributed by atoms with Crippen molar-refractivity contribution >= 4 is 18.3 Å². The van der Waals surface area contributed by atoms with Crippen LogP contribution in [0.15, 0.2) is 18.2 Å². The number of para-hydroxylation sites is 1. The molecule has 6 heteroatoms. The molecule has 0 atom stereocenters. The number of thiol groups is 1. The van der Waals surface area contributed by atoms with Crippen LogP contribution in [0.3, 0.4) is 0 Å². The Morgan fingerprint density at radius 1 is 1.44 bits per heavy atom. The minimum atomic E-state index is -0.708. The molecule has 0 amide bonds. The van der Waals surface area contributed by atoms with E-state index in [1.54, 1.807) is 0 Å². The Hall–Kier alpha value is -1.30. The molecule has 0 fully saturated rings. The Morgan fingerprint density at radius 3 is 2.81 bits per heavy atom. The van der Waals surface area contributed by atoms with Gasteiger partial charge >= 0.3 is 5.69 Å². The number of hydrogen-bond acceptors (Lipinski definition) is 4. The van der Waals surface area contributed by atoms with E-state index in [4.69, 9.17) is 4.74 Å². The number of nitrogens with zero attached hydrogens (tertiary/aromatic N) is 1. The van der Waals surface area contributed by atoms with Gasteiger partial charge in [0.2, 0.25) is 5.75 Å². The Kier molecular flexibility index (Phi) is 5.04. The van der Waals surface area contributed by atoms with Gasteiger partial charge in [-0.2, -0.15) is 12.6 Å². The maximum absolute atomic E-state index is 13.3. The quantitative estimate of drug-likeness (QED) is 0.363. The minimum Gasteiger partial charge on any atom is -0.485 e. The third-order valence-electron chi connectivity index (χ3n) is 1.94. The van der Waals surface area contributed by atoms with Gasteiger partial charge in [0.05, 0.1) is 11.5 Å². The summed E-state index contributed by atoms with van der Waals surface area (Å²) in [5.74, 6) is -0.283. The third-order valence-corrected chi connectivity index (χ3v) is 2.26. The molecule has 0 aromatic heterocycles. The normalized spacial score (nSPS) is 10.1. The predicted molar refractivity (Wildman–Crippen MR) is 61.6 cm³/mol. The lowest BCUT2D eigenvalue weighted by atomic mass is 10.3. The Balaban J connectivity index is 2.73. The van der Waals surface area contributed by atoms with E-state index in [1.165, 1.54) is 12.1 Å². The van der Waals surface area contributed by atoms with Crippen LogP contribution >= 0.6 is 12.6 Å². The van der Waals surface area contributed by atoms with Crippen molar-refractivity contribution in [3.8, 4) is 5.75 Å². The predicted octanol–water partition coefficient (Wildman–Crippen LogP) is 2.82. The largest absolute Gasteiger partial charge is 0.485 e. The first-order valence-corrected chi connectivity index (χ1v) is 5.46. The zero-order valence-electron chi connectivity index (χ0n) is 8.56. The Bertz CT molecular complexity index is 373. The molecule has 0 heterocycles. The molecule has 0 saturated heterocycles. The van der Waals surface area contributed by atoms with Gasteiger partial charge in [0.25, 0.3) is 0 Å². The van der Waals surface area contributed by atoms with Gasteiger partial charge in [-0.1, -0.05) is 6.07 Å². The molecule has 0 saturated carbocycles. The van der Waals surface area contributed by atoms with Crippen LogP contribution in [0.1, 0.15) is 12.8 Å². The summed E-state index contributed by atoms with van der Waals surface area (Å²) in [6.07, 6.45) is 1.51. The summed E-state index contributed by atoms with van der Waals surface area (Å²) in [5.41, 5.74) is -0.342. The average molecular weight is 245 g/mol. The fourth-order valence-electron chi connectivity index (χ4n) is 1.17. The lowest BCUT2D eigenvalue weighted by Crippen LogP contribution is -2.02. The Labute approximate surface area is 98.0 Å². The van der Waals surface area contributed by atoms with E-state index in [-0.39, 0.29) is 18.0 Å². The fraction of sp³-hybridized carbons (Fsp3) is 0.400. The smallest absolute Gasteiger partial charge is 0.314 e. The molecule has 0 spiro atoms. The maximum atomic E-state index is 13.3. The number of benzene rings is 1. The molecule has 16 heavy (non-hydrogen) atoms. The zero-order valence-corrected chi connectivity index (χ0v) is 9.45. The molecule has 0 N–H and O–H groups in total. The summed E-state index contributed by atoms with van der Waals surface area (Å²) in [4.78, 5) is 9.95. The summed E-state index contributed by atoms with van der Waals surface area (Å²) in [6.45, 7) is 0.252. The summed E-state index contributed by atoms with van der Waals surface area (Å²) in [6, 6.07) is 3.64. The molecule has 4 nitrogen and oxygen atoms in total. The zero-order chi connectivity index (χ0) is 12.0. The van der Waals surface area contributed by atoms with Gasteiger partial charge in [-0.25, -0.2) is 4.39 Å². The summed E-state index contributed by atoms with van der Waals surface area (Å²) < 4.78 is 18.4. The number of halogens is 1. The monoisotopic (exact) mass is 245 g/mol. The van der Waals surface area contributed by atoms with Gasteiger partial charge in [0.15, 0.2) is 5.82 Å². The second-order valence-corrected chi connectivity index (χ2v) is 3.57. The van der Waals surface area contributed by atoms with Crippen molar-refractivity contribution in [1.82, 2.24) is 0 Å². The second kappa shape index (κ2) is 6.32. The van der Waals surface area contributed by atoms with Crippen molar-refractivity contribution in [3.05, 3.63) is 34.1 Å². The van der Waals surface area contributed by atoms with Gasteiger partial charge in [-0.15, -0.1) is 0 Å². The van der Waals surface area contributed by atoms with E-state index < -0.39 is 10.7 Å². The molecule has 0 aliphatic carbocycles. The molecule has 0 unspecified atom stereocenters. The molecule has 0 bridgehead atoms. The highest BCUT2D eigenvalue weighted by atomic mass is 32.1. The van der Waals surface area contributed by atoms with Crippen molar-refractivity contribution in [2.24, 2.45) is 0 Å². The third kappa shape index (κ3) is 3.37. The van der Waals surface area contributed by atoms with Crippen LogP contribution in [0.25, 0.3) is 0 Å². The summed E-state index contributed by atoms with van der Waals surface area (Å²) >= 11 is 4.02. The van der Waals surface area contributed by atoms with Crippen LogP contribution in [-0.2, 0) is 0 Å². The van der Waals surface area contributed by atoms with Crippen LogP contribution in [0.2, 0.25) is 0 Å².